The quantitative estimate of drug-likeness (QED) is 0.853. The molecule has 6 heteroatoms. The molecule has 1 unspecified atom stereocenters. The van der Waals surface area contributed by atoms with E-state index < -0.39 is 22.0 Å². The number of carbonyl (C=O) groups excluding carboxylic acids is 1. The van der Waals surface area contributed by atoms with Gasteiger partial charge in [-0.1, -0.05) is 31.2 Å². The molecule has 0 bridgehead atoms. The predicted octanol–water partition coefficient (Wildman–Crippen LogP) is 0.729. The number of carbonyl (C=O) groups is 1. The Labute approximate surface area is 113 Å². The summed E-state index contributed by atoms with van der Waals surface area (Å²) >= 11 is 0. The predicted molar refractivity (Wildman–Crippen MR) is 73.1 cm³/mol. The van der Waals surface area contributed by atoms with E-state index in [2.05, 4.69) is 10.0 Å². The second-order valence-electron chi connectivity index (χ2n) is 4.62. The number of nitrogens with one attached hydrogen (secondary N) is 2. The number of benzene rings is 1. The van der Waals surface area contributed by atoms with Gasteiger partial charge in [0.05, 0.1) is 5.75 Å². The minimum Gasteiger partial charge on any atom is -0.302 e. The summed E-state index contributed by atoms with van der Waals surface area (Å²) in [4.78, 5) is 12.1. The van der Waals surface area contributed by atoms with E-state index in [1.54, 1.807) is 6.92 Å². The molecule has 0 aliphatic carbocycles. The molecule has 1 aromatic rings. The van der Waals surface area contributed by atoms with Crippen LogP contribution in [0.5, 0.6) is 0 Å². The van der Waals surface area contributed by atoms with E-state index in [0.717, 1.165) is 17.5 Å². The third-order valence-corrected chi connectivity index (χ3v) is 4.56. The summed E-state index contributed by atoms with van der Waals surface area (Å²) in [6.45, 7) is 2.43. The number of amides is 1. The average Bonchev–Trinajstić information content (AvgIpc) is 2.37. The fraction of sp³-hybridized carbons (Fsp3) is 0.462. The fourth-order valence-corrected chi connectivity index (χ4v) is 3.33. The van der Waals surface area contributed by atoms with Gasteiger partial charge in [-0.05, 0) is 24.0 Å². The summed E-state index contributed by atoms with van der Waals surface area (Å²) in [6.07, 6.45) is 1.33. The molecule has 19 heavy (non-hydrogen) atoms. The number of hydrogen-bond acceptors (Lipinski definition) is 4. The maximum absolute atomic E-state index is 12.1. The molecule has 1 aliphatic rings. The molecule has 1 amide bonds. The van der Waals surface area contributed by atoms with Crippen LogP contribution in [0.25, 0.3) is 0 Å². The normalized spacial score (nSPS) is 18.7. The molecule has 1 heterocycles. The first-order chi connectivity index (χ1) is 9.03. The van der Waals surface area contributed by atoms with Crippen LogP contribution in [0.1, 0.15) is 30.5 Å². The van der Waals surface area contributed by atoms with Gasteiger partial charge in [0.15, 0.2) is 0 Å². The molecule has 0 fully saturated rings. The van der Waals surface area contributed by atoms with Gasteiger partial charge in [0.25, 0.3) is 5.91 Å². The Morgan fingerprint density at radius 1 is 1.42 bits per heavy atom. The zero-order chi connectivity index (χ0) is 13.9. The molecule has 5 nitrogen and oxygen atoms in total. The standard InChI is InChI=1S/C13H18N2O3S/c1-2-9-19(17,18)15-13(16)12-11-6-4-3-5-10(11)7-8-14-12/h3-6,12,14H,2,7-9H2,1H3,(H,15,16). The molecule has 2 N–H and O–H groups in total. The van der Waals surface area contributed by atoms with Crippen molar-refractivity contribution in [2.45, 2.75) is 25.8 Å². The van der Waals surface area contributed by atoms with Crippen molar-refractivity contribution in [1.82, 2.24) is 10.0 Å². The topological polar surface area (TPSA) is 75.3 Å². The van der Waals surface area contributed by atoms with Gasteiger partial charge in [-0.2, -0.15) is 0 Å². The Hall–Kier alpha value is -1.40. The highest BCUT2D eigenvalue weighted by molar-refractivity contribution is 7.90. The molecule has 0 spiro atoms. The lowest BCUT2D eigenvalue weighted by Gasteiger charge is -2.25. The molecule has 1 atom stereocenters. The molecule has 1 aliphatic heterocycles. The van der Waals surface area contributed by atoms with Crippen LogP contribution in [0.2, 0.25) is 0 Å². The molecule has 0 saturated carbocycles. The molecular weight excluding hydrogens is 264 g/mol. The van der Waals surface area contributed by atoms with Gasteiger partial charge in [0.2, 0.25) is 10.0 Å². The Morgan fingerprint density at radius 3 is 2.89 bits per heavy atom. The van der Waals surface area contributed by atoms with Crippen LogP contribution in [0.15, 0.2) is 24.3 Å². The number of fused-ring (bicyclic) bond motifs is 1. The molecule has 0 aromatic heterocycles. The van der Waals surface area contributed by atoms with Crippen LogP contribution in [0.4, 0.5) is 0 Å². The summed E-state index contributed by atoms with van der Waals surface area (Å²) in [7, 11) is -3.52. The van der Waals surface area contributed by atoms with Crippen LogP contribution in [0, 0.1) is 0 Å². The maximum Gasteiger partial charge on any atom is 0.255 e. The summed E-state index contributed by atoms with van der Waals surface area (Å²) in [5.41, 5.74) is 1.95. The maximum atomic E-state index is 12.1. The average molecular weight is 282 g/mol. The van der Waals surface area contributed by atoms with Gasteiger partial charge in [-0.15, -0.1) is 0 Å². The van der Waals surface area contributed by atoms with Gasteiger partial charge in [0, 0.05) is 6.54 Å². The van der Waals surface area contributed by atoms with Gasteiger partial charge in [-0.3, -0.25) is 9.52 Å². The second kappa shape index (κ2) is 5.71. The molecule has 2 rings (SSSR count). The number of hydrogen-bond donors (Lipinski definition) is 2. The van der Waals surface area contributed by atoms with E-state index in [1.165, 1.54) is 0 Å². The minimum atomic E-state index is -3.52. The van der Waals surface area contributed by atoms with Crippen LogP contribution >= 0.6 is 0 Å². The number of sulfonamides is 1. The van der Waals surface area contributed by atoms with Crippen molar-refractivity contribution >= 4 is 15.9 Å². The van der Waals surface area contributed by atoms with Gasteiger partial charge in [-0.25, -0.2) is 8.42 Å². The lowest BCUT2D eigenvalue weighted by atomic mass is 9.94. The van der Waals surface area contributed by atoms with E-state index >= 15 is 0 Å². The van der Waals surface area contributed by atoms with E-state index in [9.17, 15) is 13.2 Å². The van der Waals surface area contributed by atoms with Gasteiger partial charge in [0.1, 0.15) is 6.04 Å². The van der Waals surface area contributed by atoms with E-state index in [-0.39, 0.29) is 5.75 Å². The molecular formula is C13H18N2O3S. The van der Waals surface area contributed by atoms with Crippen LogP contribution in [-0.2, 0) is 21.2 Å². The van der Waals surface area contributed by atoms with Crippen molar-refractivity contribution in [1.29, 1.82) is 0 Å². The Morgan fingerprint density at radius 2 is 2.16 bits per heavy atom. The zero-order valence-electron chi connectivity index (χ0n) is 10.8. The third kappa shape index (κ3) is 3.33. The second-order valence-corrected chi connectivity index (χ2v) is 6.46. The molecule has 104 valence electrons. The van der Waals surface area contributed by atoms with Gasteiger partial charge >= 0.3 is 0 Å². The lowest BCUT2D eigenvalue weighted by molar-refractivity contribution is -0.121. The highest BCUT2D eigenvalue weighted by Gasteiger charge is 2.28. The zero-order valence-corrected chi connectivity index (χ0v) is 11.7. The Kier molecular flexibility index (Phi) is 4.21. The third-order valence-electron chi connectivity index (χ3n) is 3.10. The SMILES string of the molecule is CCCS(=O)(=O)NC(=O)C1NCCc2ccccc21. The Balaban J connectivity index is 2.18. The minimum absolute atomic E-state index is 0.0346. The molecule has 0 saturated heterocycles. The largest absolute Gasteiger partial charge is 0.302 e. The van der Waals surface area contributed by atoms with Crippen LogP contribution < -0.4 is 10.0 Å². The fourth-order valence-electron chi connectivity index (χ4n) is 2.27. The number of rotatable bonds is 4. The lowest BCUT2D eigenvalue weighted by Crippen LogP contribution is -2.44. The monoisotopic (exact) mass is 282 g/mol. The van der Waals surface area contributed by atoms with Crippen molar-refractivity contribution in [3.63, 3.8) is 0 Å². The van der Waals surface area contributed by atoms with E-state index in [0.29, 0.717) is 13.0 Å². The van der Waals surface area contributed by atoms with Crippen molar-refractivity contribution in [2.24, 2.45) is 0 Å². The molecule has 1 aromatic carbocycles. The summed E-state index contributed by atoms with van der Waals surface area (Å²) in [6, 6.07) is 7.02. The smallest absolute Gasteiger partial charge is 0.255 e. The van der Waals surface area contributed by atoms with Crippen LogP contribution in [-0.4, -0.2) is 26.6 Å². The van der Waals surface area contributed by atoms with Crippen molar-refractivity contribution in [3.8, 4) is 0 Å². The first kappa shape index (κ1) is 14.0. The van der Waals surface area contributed by atoms with Crippen molar-refractivity contribution in [2.75, 3.05) is 12.3 Å². The van der Waals surface area contributed by atoms with E-state index in [4.69, 9.17) is 0 Å². The highest BCUT2D eigenvalue weighted by Crippen LogP contribution is 2.22. The Bertz CT molecular complexity index is 569. The van der Waals surface area contributed by atoms with Crippen molar-refractivity contribution < 1.29 is 13.2 Å². The van der Waals surface area contributed by atoms with Crippen LogP contribution in [0.3, 0.4) is 0 Å². The van der Waals surface area contributed by atoms with E-state index in [1.807, 2.05) is 24.3 Å². The first-order valence-electron chi connectivity index (χ1n) is 6.39. The molecule has 0 radical (unpaired) electrons. The summed E-state index contributed by atoms with van der Waals surface area (Å²) in [5, 5.41) is 3.06. The van der Waals surface area contributed by atoms with Gasteiger partial charge < -0.3 is 5.32 Å². The van der Waals surface area contributed by atoms with Crippen molar-refractivity contribution in [3.05, 3.63) is 35.4 Å². The highest BCUT2D eigenvalue weighted by atomic mass is 32.2. The summed E-state index contributed by atoms with van der Waals surface area (Å²) in [5.74, 6) is -0.534. The summed E-state index contributed by atoms with van der Waals surface area (Å²) < 4.78 is 25.4. The first-order valence-corrected chi connectivity index (χ1v) is 8.04.